The molecule has 0 aliphatic heterocycles. The van der Waals surface area contributed by atoms with Crippen molar-refractivity contribution in [1.82, 2.24) is 18.8 Å². The average molecular weight is 404 g/mol. The van der Waals surface area contributed by atoms with Gasteiger partial charge < -0.3 is 15.0 Å². The van der Waals surface area contributed by atoms with Crippen molar-refractivity contribution in [2.75, 3.05) is 26.9 Å². The van der Waals surface area contributed by atoms with Crippen LogP contribution in [0.15, 0.2) is 35.4 Å². The molecule has 150 valence electrons. The molecule has 0 amide bonds. The first-order valence-corrected chi connectivity index (χ1v) is 10.2. The van der Waals surface area contributed by atoms with Crippen LogP contribution in [-0.4, -0.2) is 48.5 Å². The van der Waals surface area contributed by atoms with Gasteiger partial charge in [-0.25, -0.2) is 22.7 Å². The van der Waals surface area contributed by atoms with E-state index >= 15 is 0 Å². The summed E-state index contributed by atoms with van der Waals surface area (Å²) in [5.41, 5.74) is 8.98. The number of sulfonamides is 1. The minimum atomic E-state index is -3.71. The molecule has 0 atom stereocenters. The molecular formula is C19H25N5O3S. The van der Waals surface area contributed by atoms with Gasteiger partial charge in [0.05, 0.1) is 18.1 Å². The predicted molar refractivity (Wildman–Crippen MR) is 110 cm³/mol. The van der Waals surface area contributed by atoms with Crippen LogP contribution < -0.4 is 10.5 Å². The number of nitrogens with two attached hydrogens (primary N) is 1. The first kappa shape index (κ1) is 20.1. The molecule has 0 aliphatic rings. The number of imidazole rings is 1. The lowest BCUT2D eigenvalue weighted by molar-refractivity contribution is 0.383. The fourth-order valence-electron chi connectivity index (χ4n) is 3.10. The van der Waals surface area contributed by atoms with Gasteiger partial charge in [-0.2, -0.15) is 0 Å². The van der Waals surface area contributed by atoms with Gasteiger partial charge in [-0.05, 0) is 44.5 Å². The summed E-state index contributed by atoms with van der Waals surface area (Å²) in [6.07, 6.45) is 1.59. The first-order valence-electron chi connectivity index (χ1n) is 8.72. The smallest absolute Gasteiger partial charge is 0.247 e. The number of hydrogen-bond acceptors (Lipinski definition) is 6. The third-order valence-corrected chi connectivity index (χ3v) is 6.26. The van der Waals surface area contributed by atoms with Gasteiger partial charge in [0.1, 0.15) is 4.90 Å². The second-order valence-corrected chi connectivity index (χ2v) is 9.82. The molecule has 8 nitrogen and oxygen atoms in total. The number of pyridine rings is 1. The van der Waals surface area contributed by atoms with Gasteiger partial charge in [-0.1, -0.05) is 6.07 Å². The standard InChI is InChI=1S/C19H25N5O3S/c1-19(2,3)24-15-9-12(7-8-14(15)22-18(24)20)13-10-16(17(27-6)21-11-13)28(25,26)23(4)5/h7-11H,1-6H3,(H2,20,22). The van der Waals surface area contributed by atoms with Crippen molar-refractivity contribution in [3.05, 3.63) is 30.5 Å². The second kappa shape index (κ2) is 6.75. The zero-order chi connectivity index (χ0) is 20.9. The van der Waals surface area contributed by atoms with E-state index in [-0.39, 0.29) is 16.3 Å². The number of benzene rings is 1. The third-order valence-electron chi connectivity index (χ3n) is 4.45. The zero-order valence-corrected chi connectivity index (χ0v) is 17.7. The van der Waals surface area contributed by atoms with E-state index in [2.05, 4.69) is 9.97 Å². The summed E-state index contributed by atoms with van der Waals surface area (Å²) in [5, 5.41) is 0. The molecule has 0 saturated carbocycles. The average Bonchev–Trinajstić information content (AvgIpc) is 2.95. The Balaban J connectivity index is 2.23. The predicted octanol–water partition coefficient (Wildman–Crippen LogP) is 2.69. The van der Waals surface area contributed by atoms with Crippen LogP contribution in [0.25, 0.3) is 22.2 Å². The molecule has 2 N–H and O–H groups in total. The van der Waals surface area contributed by atoms with E-state index in [9.17, 15) is 8.42 Å². The molecule has 1 aromatic carbocycles. The summed E-state index contributed by atoms with van der Waals surface area (Å²) in [5.74, 6) is 0.492. The number of nitrogen functional groups attached to an aromatic ring is 1. The number of methoxy groups -OCH3 is 1. The number of nitrogens with zero attached hydrogens (tertiary/aromatic N) is 4. The SMILES string of the molecule is COc1ncc(-c2ccc3nc(N)n(C(C)(C)C)c3c2)cc1S(=O)(=O)N(C)C. The van der Waals surface area contributed by atoms with Crippen molar-refractivity contribution in [2.45, 2.75) is 31.2 Å². The van der Waals surface area contributed by atoms with E-state index in [1.54, 1.807) is 12.3 Å². The summed E-state index contributed by atoms with van der Waals surface area (Å²) in [4.78, 5) is 8.64. The Bertz CT molecular complexity index is 1140. The lowest BCUT2D eigenvalue weighted by atomic mass is 10.1. The van der Waals surface area contributed by atoms with Crippen LogP contribution in [0.1, 0.15) is 20.8 Å². The molecule has 3 rings (SSSR count). The monoisotopic (exact) mass is 403 g/mol. The number of rotatable bonds is 4. The highest BCUT2D eigenvalue weighted by atomic mass is 32.2. The summed E-state index contributed by atoms with van der Waals surface area (Å²) in [7, 11) is 0.625. The molecule has 0 aliphatic carbocycles. The number of hydrogen-bond donors (Lipinski definition) is 1. The normalized spacial score (nSPS) is 12.7. The fourth-order valence-corrected chi connectivity index (χ4v) is 4.13. The Hall–Kier alpha value is -2.65. The first-order chi connectivity index (χ1) is 13.0. The maximum absolute atomic E-state index is 12.7. The lowest BCUT2D eigenvalue weighted by Gasteiger charge is -2.23. The van der Waals surface area contributed by atoms with Crippen molar-refractivity contribution in [2.24, 2.45) is 0 Å². The van der Waals surface area contributed by atoms with Crippen LogP contribution in [0.4, 0.5) is 5.95 Å². The van der Waals surface area contributed by atoms with E-state index in [1.165, 1.54) is 21.2 Å². The molecule has 3 aromatic rings. The summed E-state index contributed by atoms with van der Waals surface area (Å²) < 4.78 is 33.6. The third kappa shape index (κ3) is 3.31. The lowest BCUT2D eigenvalue weighted by Crippen LogP contribution is -2.23. The molecular weight excluding hydrogens is 378 g/mol. The highest BCUT2D eigenvalue weighted by molar-refractivity contribution is 7.89. The van der Waals surface area contributed by atoms with Gasteiger partial charge in [0.25, 0.3) is 0 Å². The number of aromatic nitrogens is 3. The van der Waals surface area contributed by atoms with Crippen molar-refractivity contribution in [3.8, 4) is 17.0 Å². The zero-order valence-electron chi connectivity index (χ0n) is 16.9. The Kier molecular flexibility index (Phi) is 4.84. The largest absolute Gasteiger partial charge is 0.480 e. The van der Waals surface area contributed by atoms with Crippen LogP contribution >= 0.6 is 0 Å². The topological polar surface area (TPSA) is 103 Å². The van der Waals surface area contributed by atoms with Crippen molar-refractivity contribution in [1.29, 1.82) is 0 Å². The quantitative estimate of drug-likeness (QED) is 0.718. The molecule has 0 bridgehead atoms. The molecule has 0 fully saturated rings. The van der Waals surface area contributed by atoms with Crippen molar-refractivity contribution < 1.29 is 13.2 Å². The van der Waals surface area contributed by atoms with E-state index in [0.717, 1.165) is 20.9 Å². The van der Waals surface area contributed by atoms with Gasteiger partial charge in [-0.15, -0.1) is 0 Å². The maximum Gasteiger partial charge on any atom is 0.247 e. The highest BCUT2D eigenvalue weighted by Crippen LogP contribution is 2.33. The van der Waals surface area contributed by atoms with Crippen LogP contribution in [0.3, 0.4) is 0 Å². The minimum Gasteiger partial charge on any atom is -0.480 e. The number of anilines is 1. The summed E-state index contributed by atoms with van der Waals surface area (Å²) >= 11 is 0. The van der Waals surface area contributed by atoms with Gasteiger partial charge in [-0.3, -0.25) is 0 Å². The summed E-state index contributed by atoms with van der Waals surface area (Å²) in [6.45, 7) is 6.15. The summed E-state index contributed by atoms with van der Waals surface area (Å²) in [6, 6.07) is 7.26. The van der Waals surface area contributed by atoms with E-state index < -0.39 is 10.0 Å². The van der Waals surface area contributed by atoms with Gasteiger partial charge in [0.2, 0.25) is 21.9 Å². The van der Waals surface area contributed by atoms with Crippen molar-refractivity contribution in [3.63, 3.8) is 0 Å². The highest BCUT2D eigenvalue weighted by Gasteiger charge is 2.25. The van der Waals surface area contributed by atoms with Crippen LogP contribution in [0.5, 0.6) is 5.88 Å². The van der Waals surface area contributed by atoms with Crippen LogP contribution in [0.2, 0.25) is 0 Å². The molecule has 0 saturated heterocycles. The molecule has 2 heterocycles. The van der Waals surface area contributed by atoms with Gasteiger partial charge in [0.15, 0.2) is 0 Å². The molecule has 0 spiro atoms. The molecule has 28 heavy (non-hydrogen) atoms. The maximum atomic E-state index is 12.7. The van der Waals surface area contributed by atoms with Gasteiger partial charge in [0, 0.05) is 31.4 Å². The second-order valence-electron chi connectivity index (χ2n) is 7.70. The van der Waals surface area contributed by atoms with E-state index in [4.69, 9.17) is 10.5 Å². The van der Waals surface area contributed by atoms with E-state index in [0.29, 0.717) is 11.5 Å². The molecule has 0 radical (unpaired) electrons. The van der Waals surface area contributed by atoms with Crippen LogP contribution in [0, 0.1) is 0 Å². The minimum absolute atomic E-state index is 0.0152. The molecule has 9 heteroatoms. The van der Waals surface area contributed by atoms with E-state index in [1.807, 2.05) is 43.5 Å². The Morgan fingerprint density at radius 3 is 2.39 bits per heavy atom. The van der Waals surface area contributed by atoms with Crippen LogP contribution in [-0.2, 0) is 15.6 Å². The molecule has 0 unspecified atom stereocenters. The number of ether oxygens (including phenoxy) is 1. The van der Waals surface area contributed by atoms with Crippen molar-refractivity contribution >= 4 is 27.0 Å². The number of fused-ring (bicyclic) bond motifs is 1. The Morgan fingerprint density at radius 2 is 1.82 bits per heavy atom. The van der Waals surface area contributed by atoms with Gasteiger partial charge >= 0.3 is 0 Å². The Labute approximate surface area is 165 Å². The Morgan fingerprint density at radius 1 is 1.14 bits per heavy atom. The molecule has 2 aromatic heterocycles. The fraction of sp³-hybridized carbons (Fsp3) is 0.368.